The minimum absolute atomic E-state index is 0.201. The lowest BCUT2D eigenvalue weighted by Gasteiger charge is -2.20. The second-order valence-corrected chi connectivity index (χ2v) is 5.45. The number of likely N-dealkylation sites (tertiary alicyclic amines) is 1. The summed E-state index contributed by atoms with van der Waals surface area (Å²) < 4.78 is 0. The van der Waals surface area contributed by atoms with Crippen molar-refractivity contribution in [3.63, 3.8) is 0 Å². The van der Waals surface area contributed by atoms with Gasteiger partial charge in [0.1, 0.15) is 0 Å². The molecule has 3 nitrogen and oxygen atoms in total. The number of hydrogen-bond acceptors (Lipinski definition) is 2. The average Bonchev–Trinajstić information content (AvgIpc) is 2.71. The van der Waals surface area contributed by atoms with Gasteiger partial charge in [-0.2, -0.15) is 0 Å². The molecule has 1 aromatic rings. The summed E-state index contributed by atoms with van der Waals surface area (Å²) in [6.45, 7) is 6.76. The van der Waals surface area contributed by atoms with Gasteiger partial charge in [0.25, 0.3) is 0 Å². The van der Waals surface area contributed by atoms with Crippen LogP contribution in [0, 0.1) is 11.8 Å². The van der Waals surface area contributed by atoms with Crippen molar-refractivity contribution < 1.29 is 9.90 Å². The Morgan fingerprint density at radius 1 is 1.39 bits per heavy atom. The van der Waals surface area contributed by atoms with E-state index in [-0.39, 0.29) is 11.8 Å². The number of hydrogen-bond donors (Lipinski definition) is 1. The summed E-state index contributed by atoms with van der Waals surface area (Å²) >= 11 is 0. The molecule has 1 fully saturated rings. The van der Waals surface area contributed by atoms with Crippen molar-refractivity contribution in [3.8, 4) is 0 Å². The van der Waals surface area contributed by atoms with Crippen LogP contribution in [0.1, 0.15) is 25.3 Å². The van der Waals surface area contributed by atoms with Crippen molar-refractivity contribution in [2.24, 2.45) is 11.8 Å². The van der Waals surface area contributed by atoms with E-state index >= 15 is 0 Å². The van der Waals surface area contributed by atoms with Gasteiger partial charge in [0.15, 0.2) is 0 Å². The monoisotopic (exact) mass is 247 g/mol. The van der Waals surface area contributed by atoms with Gasteiger partial charge in [-0.1, -0.05) is 44.2 Å². The first kappa shape index (κ1) is 13.1. The largest absolute Gasteiger partial charge is 0.481 e. The predicted octanol–water partition coefficient (Wildman–Crippen LogP) is 2.44. The molecule has 3 heteroatoms. The summed E-state index contributed by atoms with van der Waals surface area (Å²) in [5, 5.41) is 9.13. The second kappa shape index (κ2) is 5.53. The summed E-state index contributed by atoms with van der Waals surface area (Å²) in [6, 6.07) is 10.4. The van der Waals surface area contributed by atoms with Gasteiger partial charge in [-0.3, -0.25) is 4.79 Å². The lowest BCUT2D eigenvalue weighted by Crippen LogP contribution is -2.27. The number of benzene rings is 1. The Kier molecular flexibility index (Phi) is 4.02. The van der Waals surface area contributed by atoms with Gasteiger partial charge in [0.05, 0.1) is 5.92 Å². The molecule has 1 N–H and O–H groups in total. The second-order valence-electron chi connectivity index (χ2n) is 5.45. The first-order valence-electron chi connectivity index (χ1n) is 6.58. The molecule has 1 aliphatic rings. The third-order valence-corrected chi connectivity index (χ3v) is 3.91. The number of aliphatic carboxylic acids is 1. The van der Waals surface area contributed by atoms with Crippen LogP contribution < -0.4 is 0 Å². The predicted molar refractivity (Wildman–Crippen MR) is 71.6 cm³/mol. The van der Waals surface area contributed by atoms with Crippen LogP contribution in [0.5, 0.6) is 0 Å². The van der Waals surface area contributed by atoms with Gasteiger partial charge in [-0.15, -0.1) is 0 Å². The molecular weight excluding hydrogens is 226 g/mol. The smallest absolute Gasteiger partial charge is 0.308 e. The molecule has 1 aromatic carbocycles. The molecule has 18 heavy (non-hydrogen) atoms. The van der Waals surface area contributed by atoms with Crippen molar-refractivity contribution in [3.05, 3.63) is 35.9 Å². The molecule has 0 radical (unpaired) electrons. The highest BCUT2D eigenvalue weighted by molar-refractivity contribution is 5.71. The number of carbonyl (C=O) groups is 1. The first-order valence-corrected chi connectivity index (χ1v) is 6.58. The van der Waals surface area contributed by atoms with Crippen LogP contribution in [0.2, 0.25) is 0 Å². The summed E-state index contributed by atoms with van der Waals surface area (Å²) in [6.07, 6.45) is 0. The molecule has 0 spiro atoms. The van der Waals surface area contributed by atoms with E-state index in [0.717, 1.165) is 13.1 Å². The third-order valence-electron chi connectivity index (χ3n) is 3.91. The minimum atomic E-state index is -0.655. The fraction of sp³-hybridized carbons (Fsp3) is 0.533. The van der Waals surface area contributed by atoms with Crippen molar-refractivity contribution in [1.29, 1.82) is 0 Å². The molecule has 0 bridgehead atoms. The maximum Gasteiger partial charge on any atom is 0.308 e. The lowest BCUT2D eigenvalue weighted by molar-refractivity contribution is -0.142. The van der Waals surface area contributed by atoms with Crippen molar-refractivity contribution in [1.82, 2.24) is 4.90 Å². The van der Waals surface area contributed by atoms with E-state index in [2.05, 4.69) is 36.1 Å². The molecule has 2 rings (SSSR count). The Balaban J connectivity index is 1.94. The van der Waals surface area contributed by atoms with Crippen LogP contribution in [-0.2, 0) is 4.79 Å². The normalized spacial score (nSPS) is 26.1. The summed E-state index contributed by atoms with van der Waals surface area (Å²) in [7, 11) is 0. The Labute approximate surface area is 108 Å². The van der Waals surface area contributed by atoms with Crippen LogP contribution >= 0.6 is 0 Å². The number of nitrogens with zero attached hydrogens (tertiary/aromatic N) is 1. The van der Waals surface area contributed by atoms with E-state index in [4.69, 9.17) is 5.11 Å². The molecular formula is C15H21NO2. The summed E-state index contributed by atoms with van der Waals surface area (Å²) in [5.74, 6) is -0.151. The third kappa shape index (κ3) is 2.91. The van der Waals surface area contributed by atoms with Crippen LogP contribution in [0.25, 0.3) is 0 Å². The highest BCUT2D eigenvalue weighted by Crippen LogP contribution is 2.26. The molecule has 0 aromatic heterocycles. The molecule has 0 aliphatic carbocycles. The van der Waals surface area contributed by atoms with E-state index in [0.29, 0.717) is 12.5 Å². The van der Waals surface area contributed by atoms with E-state index in [1.165, 1.54) is 5.56 Å². The first-order chi connectivity index (χ1) is 8.58. The molecule has 3 atom stereocenters. The molecule has 1 aliphatic heterocycles. The number of rotatable bonds is 4. The van der Waals surface area contributed by atoms with Crippen LogP contribution in [0.3, 0.4) is 0 Å². The van der Waals surface area contributed by atoms with Gasteiger partial charge in [-0.25, -0.2) is 0 Å². The van der Waals surface area contributed by atoms with E-state index in [1.54, 1.807) is 0 Å². The van der Waals surface area contributed by atoms with Crippen LogP contribution in [0.4, 0.5) is 0 Å². The quantitative estimate of drug-likeness (QED) is 0.888. The lowest BCUT2D eigenvalue weighted by atomic mass is 9.99. The highest BCUT2D eigenvalue weighted by Gasteiger charge is 2.34. The van der Waals surface area contributed by atoms with E-state index < -0.39 is 5.97 Å². The Morgan fingerprint density at radius 2 is 2.06 bits per heavy atom. The van der Waals surface area contributed by atoms with Crippen molar-refractivity contribution in [2.45, 2.75) is 19.8 Å². The van der Waals surface area contributed by atoms with Gasteiger partial charge in [-0.05, 0) is 17.4 Å². The van der Waals surface area contributed by atoms with Gasteiger partial charge < -0.3 is 10.0 Å². The Hall–Kier alpha value is -1.35. The molecule has 1 heterocycles. The SMILES string of the molecule is CC(CN1CC(C)C(C(=O)O)C1)c1ccccc1. The van der Waals surface area contributed by atoms with Crippen molar-refractivity contribution in [2.75, 3.05) is 19.6 Å². The van der Waals surface area contributed by atoms with Gasteiger partial charge in [0, 0.05) is 19.6 Å². The Morgan fingerprint density at radius 3 is 2.61 bits per heavy atom. The van der Waals surface area contributed by atoms with E-state index in [1.807, 2.05) is 13.0 Å². The molecule has 0 amide bonds. The van der Waals surface area contributed by atoms with Crippen molar-refractivity contribution >= 4 is 5.97 Å². The van der Waals surface area contributed by atoms with E-state index in [9.17, 15) is 4.79 Å². The summed E-state index contributed by atoms with van der Waals surface area (Å²) in [4.78, 5) is 13.4. The zero-order chi connectivity index (χ0) is 13.1. The van der Waals surface area contributed by atoms with Gasteiger partial charge >= 0.3 is 5.97 Å². The number of carboxylic acid groups (broad SMARTS) is 1. The zero-order valence-electron chi connectivity index (χ0n) is 11.0. The summed E-state index contributed by atoms with van der Waals surface area (Å²) in [5.41, 5.74) is 1.32. The molecule has 3 unspecified atom stereocenters. The molecule has 1 saturated heterocycles. The number of carboxylic acids is 1. The van der Waals surface area contributed by atoms with Crippen LogP contribution in [-0.4, -0.2) is 35.6 Å². The maximum absolute atomic E-state index is 11.1. The zero-order valence-corrected chi connectivity index (χ0v) is 11.0. The fourth-order valence-corrected chi connectivity index (χ4v) is 2.81. The van der Waals surface area contributed by atoms with Crippen LogP contribution in [0.15, 0.2) is 30.3 Å². The van der Waals surface area contributed by atoms with Gasteiger partial charge in [0.2, 0.25) is 0 Å². The molecule has 0 saturated carbocycles. The minimum Gasteiger partial charge on any atom is -0.481 e. The maximum atomic E-state index is 11.1. The Bertz CT molecular complexity index is 404. The standard InChI is InChI=1S/C15H21NO2/c1-11(13-6-4-3-5-7-13)8-16-9-12(2)14(10-16)15(17)18/h3-7,11-12,14H,8-10H2,1-2H3,(H,17,18). The molecule has 98 valence electrons. The highest BCUT2D eigenvalue weighted by atomic mass is 16.4. The fourth-order valence-electron chi connectivity index (χ4n) is 2.81. The topological polar surface area (TPSA) is 40.5 Å². The average molecular weight is 247 g/mol.